The number of hydrazine groups is 1. The highest BCUT2D eigenvalue weighted by atomic mass is 15.3. The van der Waals surface area contributed by atoms with E-state index < -0.39 is 0 Å². The molecule has 0 radical (unpaired) electrons. The van der Waals surface area contributed by atoms with E-state index in [1.165, 1.54) is 25.7 Å². The molecule has 5 heteroatoms. The number of anilines is 2. The molecule has 0 spiro atoms. The Balaban J connectivity index is 3.08. The van der Waals surface area contributed by atoms with Gasteiger partial charge in [0.2, 0.25) is 0 Å². The van der Waals surface area contributed by atoms with E-state index in [-0.39, 0.29) is 0 Å². The van der Waals surface area contributed by atoms with E-state index >= 15 is 0 Å². The van der Waals surface area contributed by atoms with Gasteiger partial charge in [-0.3, -0.25) is 0 Å². The molecule has 114 valence electrons. The van der Waals surface area contributed by atoms with Crippen LogP contribution in [0.2, 0.25) is 0 Å². The summed E-state index contributed by atoms with van der Waals surface area (Å²) < 4.78 is 0. The van der Waals surface area contributed by atoms with Crippen LogP contribution in [0.4, 0.5) is 11.6 Å². The number of hydrogen-bond acceptors (Lipinski definition) is 5. The van der Waals surface area contributed by atoms with Crippen molar-refractivity contribution in [2.45, 2.75) is 59.8 Å². The van der Waals surface area contributed by atoms with E-state index in [1.807, 2.05) is 6.92 Å². The zero-order valence-electron chi connectivity index (χ0n) is 13.4. The fourth-order valence-electron chi connectivity index (χ4n) is 2.18. The van der Waals surface area contributed by atoms with Crippen molar-refractivity contribution >= 4 is 11.6 Å². The fourth-order valence-corrected chi connectivity index (χ4v) is 2.18. The van der Waals surface area contributed by atoms with Gasteiger partial charge >= 0.3 is 0 Å². The van der Waals surface area contributed by atoms with Gasteiger partial charge in [-0.25, -0.2) is 15.8 Å². The molecule has 0 atom stereocenters. The summed E-state index contributed by atoms with van der Waals surface area (Å²) >= 11 is 0. The summed E-state index contributed by atoms with van der Waals surface area (Å²) in [7, 11) is 0. The maximum atomic E-state index is 5.58. The molecule has 0 saturated carbocycles. The van der Waals surface area contributed by atoms with Crippen molar-refractivity contribution in [3.8, 4) is 0 Å². The second-order valence-corrected chi connectivity index (χ2v) is 5.13. The van der Waals surface area contributed by atoms with Crippen LogP contribution >= 0.6 is 0 Å². The first-order valence-electron chi connectivity index (χ1n) is 7.76. The Morgan fingerprint density at radius 1 is 1.05 bits per heavy atom. The van der Waals surface area contributed by atoms with E-state index in [1.54, 1.807) is 0 Å². The number of nitrogens with two attached hydrogens (primary N) is 1. The number of aryl methyl sites for hydroxylation is 1. The van der Waals surface area contributed by atoms with Gasteiger partial charge in [0, 0.05) is 25.1 Å². The monoisotopic (exact) mass is 279 g/mol. The number of hydrogen-bond donors (Lipinski definition) is 2. The van der Waals surface area contributed by atoms with Crippen LogP contribution < -0.4 is 16.2 Å². The minimum atomic E-state index is 0.741. The summed E-state index contributed by atoms with van der Waals surface area (Å²) in [5, 5.41) is 0. The molecular formula is C15H29N5. The van der Waals surface area contributed by atoms with E-state index in [2.05, 4.69) is 36.1 Å². The molecule has 20 heavy (non-hydrogen) atoms. The third-order valence-corrected chi connectivity index (χ3v) is 3.48. The normalized spacial score (nSPS) is 10.7. The van der Waals surface area contributed by atoms with Crippen LogP contribution in [0.5, 0.6) is 0 Å². The Morgan fingerprint density at radius 3 is 2.10 bits per heavy atom. The predicted molar refractivity (Wildman–Crippen MR) is 86.0 cm³/mol. The SMILES string of the molecule is CCCCN(CCCC)c1nc(CC)nc(NN)c1C. The van der Waals surface area contributed by atoms with Gasteiger partial charge in [0.15, 0.2) is 0 Å². The standard InChI is InChI=1S/C15H29N5/c1-5-8-10-20(11-9-6-2)15-12(4)14(19-16)17-13(7-3)18-15/h5-11,16H2,1-4H3,(H,17,18,19). The lowest BCUT2D eigenvalue weighted by Crippen LogP contribution is -2.28. The Hall–Kier alpha value is -1.36. The van der Waals surface area contributed by atoms with E-state index in [0.717, 1.165) is 42.5 Å². The van der Waals surface area contributed by atoms with E-state index in [4.69, 9.17) is 10.8 Å². The molecule has 1 aromatic heterocycles. The highest BCUT2D eigenvalue weighted by Crippen LogP contribution is 2.24. The lowest BCUT2D eigenvalue weighted by atomic mass is 10.2. The van der Waals surface area contributed by atoms with Gasteiger partial charge in [0.1, 0.15) is 17.5 Å². The van der Waals surface area contributed by atoms with Crippen molar-refractivity contribution < 1.29 is 0 Å². The summed E-state index contributed by atoms with van der Waals surface area (Å²) in [4.78, 5) is 11.5. The van der Waals surface area contributed by atoms with Crippen molar-refractivity contribution in [2.24, 2.45) is 5.84 Å². The summed E-state index contributed by atoms with van der Waals surface area (Å²) in [5.74, 6) is 8.20. The second kappa shape index (κ2) is 8.74. The molecule has 5 nitrogen and oxygen atoms in total. The first-order valence-corrected chi connectivity index (χ1v) is 7.76. The number of unbranched alkanes of at least 4 members (excludes halogenated alkanes) is 2. The van der Waals surface area contributed by atoms with Crippen LogP contribution in [-0.4, -0.2) is 23.1 Å². The minimum Gasteiger partial charge on any atom is -0.356 e. The Bertz CT molecular complexity index is 397. The molecule has 1 heterocycles. The molecule has 3 N–H and O–H groups in total. The maximum absolute atomic E-state index is 5.58. The fraction of sp³-hybridized carbons (Fsp3) is 0.733. The number of nitrogens with one attached hydrogen (secondary N) is 1. The third-order valence-electron chi connectivity index (χ3n) is 3.48. The summed E-state index contributed by atoms with van der Waals surface area (Å²) in [5.41, 5.74) is 3.74. The first-order chi connectivity index (χ1) is 9.67. The summed E-state index contributed by atoms with van der Waals surface area (Å²) in [6, 6.07) is 0. The average molecular weight is 279 g/mol. The highest BCUT2D eigenvalue weighted by Gasteiger charge is 2.15. The zero-order valence-corrected chi connectivity index (χ0v) is 13.4. The number of nitrogen functional groups attached to an aromatic ring is 1. The Labute approximate surface area is 123 Å². The summed E-state index contributed by atoms with van der Waals surface area (Å²) in [6.45, 7) is 10.6. The van der Waals surface area contributed by atoms with E-state index in [0.29, 0.717) is 0 Å². The molecule has 0 fully saturated rings. The van der Waals surface area contributed by atoms with E-state index in [9.17, 15) is 0 Å². The van der Waals surface area contributed by atoms with Gasteiger partial charge in [0.25, 0.3) is 0 Å². The molecule has 0 saturated heterocycles. The summed E-state index contributed by atoms with van der Waals surface area (Å²) in [6.07, 6.45) is 5.56. The molecular weight excluding hydrogens is 250 g/mol. The number of rotatable bonds is 9. The smallest absolute Gasteiger partial charge is 0.148 e. The molecule has 1 rings (SSSR count). The molecule has 0 amide bonds. The number of nitrogens with zero attached hydrogens (tertiary/aromatic N) is 3. The van der Waals surface area contributed by atoms with Crippen LogP contribution in [0.1, 0.15) is 57.8 Å². The Kier molecular flexibility index (Phi) is 7.30. The first kappa shape index (κ1) is 16.7. The van der Waals surface area contributed by atoms with Crippen LogP contribution in [-0.2, 0) is 6.42 Å². The van der Waals surface area contributed by atoms with Crippen molar-refractivity contribution in [1.82, 2.24) is 9.97 Å². The molecule has 0 aliphatic rings. The van der Waals surface area contributed by atoms with Crippen molar-refractivity contribution in [2.75, 3.05) is 23.4 Å². The van der Waals surface area contributed by atoms with Crippen LogP contribution in [0.3, 0.4) is 0 Å². The quantitative estimate of drug-likeness (QED) is 0.537. The van der Waals surface area contributed by atoms with Crippen molar-refractivity contribution in [3.63, 3.8) is 0 Å². The molecule has 0 aliphatic carbocycles. The lowest BCUT2D eigenvalue weighted by molar-refractivity contribution is 0.666. The molecule has 0 unspecified atom stereocenters. The molecule has 0 bridgehead atoms. The molecule has 1 aromatic rings. The van der Waals surface area contributed by atoms with Crippen molar-refractivity contribution in [1.29, 1.82) is 0 Å². The average Bonchev–Trinajstić information content (AvgIpc) is 2.48. The minimum absolute atomic E-state index is 0.741. The van der Waals surface area contributed by atoms with Crippen LogP contribution in [0.25, 0.3) is 0 Å². The topological polar surface area (TPSA) is 67.1 Å². The van der Waals surface area contributed by atoms with Gasteiger partial charge in [-0.1, -0.05) is 33.6 Å². The maximum Gasteiger partial charge on any atom is 0.148 e. The largest absolute Gasteiger partial charge is 0.356 e. The Morgan fingerprint density at radius 2 is 1.65 bits per heavy atom. The second-order valence-electron chi connectivity index (χ2n) is 5.13. The van der Waals surface area contributed by atoms with Crippen LogP contribution in [0, 0.1) is 6.92 Å². The van der Waals surface area contributed by atoms with Gasteiger partial charge in [0.05, 0.1) is 0 Å². The van der Waals surface area contributed by atoms with Gasteiger partial charge in [-0.05, 0) is 19.8 Å². The lowest BCUT2D eigenvalue weighted by Gasteiger charge is -2.26. The van der Waals surface area contributed by atoms with Crippen molar-refractivity contribution in [3.05, 3.63) is 11.4 Å². The predicted octanol–water partition coefficient (Wildman–Crippen LogP) is 3.04. The molecule has 0 aliphatic heterocycles. The highest BCUT2D eigenvalue weighted by molar-refractivity contribution is 5.58. The van der Waals surface area contributed by atoms with Crippen LogP contribution in [0.15, 0.2) is 0 Å². The third kappa shape index (κ3) is 4.34. The number of aromatic nitrogens is 2. The zero-order chi connectivity index (χ0) is 15.0. The van der Waals surface area contributed by atoms with Gasteiger partial charge in [-0.15, -0.1) is 0 Å². The molecule has 0 aromatic carbocycles. The van der Waals surface area contributed by atoms with Gasteiger partial charge < -0.3 is 10.3 Å². The van der Waals surface area contributed by atoms with Gasteiger partial charge in [-0.2, -0.15) is 0 Å².